The molecular weight excluding hydrogens is 160 g/mol. The first-order valence-electron chi connectivity index (χ1n) is 4.41. The van der Waals surface area contributed by atoms with E-state index in [1.807, 2.05) is 30.5 Å². The third-order valence-corrected chi connectivity index (χ3v) is 2.36. The molecule has 66 valence electrons. The van der Waals surface area contributed by atoms with Gasteiger partial charge in [-0.05, 0) is 6.07 Å². The first-order valence-corrected chi connectivity index (χ1v) is 4.41. The molecule has 0 aliphatic heterocycles. The van der Waals surface area contributed by atoms with Gasteiger partial charge in [0.15, 0.2) is 0 Å². The van der Waals surface area contributed by atoms with Gasteiger partial charge < -0.3 is 4.42 Å². The van der Waals surface area contributed by atoms with Crippen molar-refractivity contribution in [3.63, 3.8) is 0 Å². The highest BCUT2D eigenvalue weighted by Crippen LogP contribution is 2.27. The summed E-state index contributed by atoms with van der Waals surface area (Å²) >= 11 is 0. The van der Waals surface area contributed by atoms with E-state index in [1.54, 1.807) is 0 Å². The van der Waals surface area contributed by atoms with Crippen molar-refractivity contribution >= 4 is 11.0 Å². The first-order chi connectivity index (χ1) is 6.33. The fourth-order valence-electron chi connectivity index (χ4n) is 1.48. The van der Waals surface area contributed by atoms with E-state index in [4.69, 9.17) is 4.42 Å². The van der Waals surface area contributed by atoms with Crippen LogP contribution in [-0.2, 0) is 0 Å². The van der Waals surface area contributed by atoms with Gasteiger partial charge in [0.1, 0.15) is 5.58 Å². The maximum atomic E-state index is 5.42. The van der Waals surface area contributed by atoms with Gasteiger partial charge >= 0.3 is 0 Å². The largest absolute Gasteiger partial charge is 0.464 e. The monoisotopic (exact) mass is 172 g/mol. The Hall–Kier alpha value is -1.50. The number of allylic oxidation sites excluding steroid dienone is 1. The molecular formula is C12H12O. The Kier molecular flexibility index (Phi) is 1.93. The predicted octanol–water partition coefficient (Wildman–Crippen LogP) is 3.72. The van der Waals surface area contributed by atoms with Crippen LogP contribution in [0.5, 0.6) is 0 Å². The normalized spacial score (nSPS) is 13.0. The second-order valence-corrected chi connectivity index (χ2v) is 3.21. The zero-order chi connectivity index (χ0) is 9.26. The highest BCUT2D eigenvalue weighted by atomic mass is 16.3. The summed E-state index contributed by atoms with van der Waals surface area (Å²) in [7, 11) is 0. The van der Waals surface area contributed by atoms with Crippen LogP contribution in [0.2, 0.25) is 0 Å². The molecule has 0 saturated carbocycles. The smallest absolute Gasteiger partial charge is 0.134 e. The van der Waals surface area contributed by atoms with Gasteiger partial charge in [-0.25, -0.2) is 0 Å². The summed E-state index contributed by atoms with van der Waals surface area (Å²) in [6, 6.07) is 8.06. The number of benzene rings is 1. The summed E-state index contributed by atoms with van der Waals surface area (Å²) in [6.07, 6.45) is 3.74. The quantitative estimate of drug-likeness (QED) is 0.629. The van der Waals surface area contributed by atoms with Crippen molar-refractivity contribution in [2.45, 2.75) is 12.8 Å². The van der Waals surface area contributed by atoms with Crippen LogP contribution in [0.15, 0.2) is 47.6 Å². The Labute approximate surface area is 77.7 Å². The first kappa shape index (κ1) is 8.11. The molecule has 0 spiro atoms. The lowest BCUT2D eigenvalue weighted by atomic mass is 10.0. The third kappa shape index (κ3) is 1.26. The fraction of sp³-hybridized carbons (Fsp3) is 0.167. The Morgan fingerprint density at radius 3 is 2.92 bits per heavy atom. The van der Waals surface area contributed by atoms with Crippen molar-refractivity contribution in [1.29, 1.82) is 0 Å². The number of para-hydroxylation sites is 1. The van der Waals surface area contributed by atoms with Gasteiger partial charge in [0.25, 0.3) is 0 Å². The number of fused-ring (bicyclic) bond motifs is 1. The molecule has 0 radical (unpaired) electrons. The summed E-state index contributed by atoms with van der Waals surface area (Å²) in [4.78, 5) is 0. The standard InChI is InChI=1S/C12H12O/c1-3-9(2)11-8-13-12-7-5-4-6-10(11)12/h3-9H,1H2,2H3. The van der Waals surface area contributed by atoms with Crippen molar-refractivity contribution < 1.29 is 4.42 Å². The van der Waals surface area contributed by atoms with E-state index in [9.17, 15) is 0 Å². The molecule has 0 aliphatic rings. The molecule has 1 aromatic carbocycles. The SMILES string of the molecule is C=CC(C)c1coc2ccccc12. The molecule has 0 bridgehead atoms. The molecule has 0 amide bonds. The summed E-state index contributed by atoms with van der Waals surface area (Å²) in [5, 5.41) is 1.19. The van der Waals surface area contributed by atoms with Gasteiger partial charge in [-0.15, -0.1) is 6.58 Å². The van der Waals surface area contributed by atoms with E-state index in [1.165, 1.54) is 10.9 Å². The van der Waals surface area contributed by atoms with Crippen molar-refractivity contribution in [1.82, 2.24) is 0 Å². The zero-order valence-corrected chi connectivity index (χ0v) is 7.66. The topological polar surface area (TPSA) is 13.1 Å². The lowest BCUT2D eigenvalue weighted by Gasteiger charge is -2.01. The molecule has 1 heterocycles. The average molecular weight is 172 g/mol. The van der Waals surface area contributed by atoms with Crippen LogP contribution < -0.4 is 0 Å². The van der Waals surface area contributed by atoms with E-state index in [-0.39, 0.29) is 0 Å². The average Bonchev–Trinajstić information content (AvgIpc) is 2.60. The Balaban J connectivity index is 2.64. The van der Waals surface area contributed by atoms with Crippen LogP contribution in [0.25, 0.3) is 11.0 Å². The van der Waals surface area contributed by atoms with Crippen molar-refractivity contribution in [2.24, 2.45) is 0 Å². The molecule has 1 unspecified atom stereocenters. The lowest BCUT2D eigenvalue weighted by Crippen LogP contribution is -1.84. The summed E-state index contributed by atoms with van der Waals surface area (Å²) < 4.78 is 5.42. The number of hydrogen-bond acceptors (Lipinski definition) is 1. The molecule has 0 aliphatic carbocycles. The van der Waals surface area contributed by atoms with E-state index < -0.39 is 0 Å². The number of rotatable bonds is 2. The van der Waals surface area contributed by atoms with Gasteiger partial charge in [-0.1, -0.05) is 31.2 Å². The Bertz CT molecular complexity index is 425. The maximum absolute atomic E-state index is 5.42. The van der Waals surface area contributed by atoms with E-state index in [0.29, 0.717) is 5.92 Å². The zero-order valence-electron chi connectivity index (χ0n) is 7.66. The van der Waals surface area contributed by atoms with Crippen molar-refractivity contribution in [3.05, 3.63) is 48.7 Å². The van der Waals surface area contributed by atoms with Gasteiger partial charge in [-0.3, -0.25) is 0 Å². The minimum absolute atomic E-state index is 0.351. The van der Waals surface area contributed by atoms with Gasteiger partial charge in [0, 0.05) is 16.9 Å². The summed E-state index contributed by atoms with van der Waals surface area (Å²) in [5.74, 6) is 0.351. The number of hydrogen-bond donors (Lipinski definition) is 0. The molecule has 0 N–H and O–H groups in total. The molecule has 1 atom stereocenters. The molecule has 2 aromatic rings. The van der Waals surface area contributed by atoms with Crippen molar-refractivity contribution in [2.75, 3.05) is 0 Å². The van der Waals surface area contributed by atoms with Crippen LogP contribution in [0.1, 0.15) is 18.4 Å². The predicted molar refractivity (Wildman–Crippen MR) is 54.8 cm³/mol. The highest BCUT2D eigenvalue weighted by Gasteiger charge is 2.08. The summed E-state index contributed by atoms with van der Waals surface area (Å²) in [6.45, 7) is 5.90. The van der Waals surface area contributed by atoms with Gasteiger partial charge in [-0.2, -0.15) is 0 Å². The second kappa shape index (κ2) is 3.09. The lowest BCUT2D eigenvalue weighted by molar-refractivity contribution is 0.609. The van der Waals surface area contributed by atoms with Gasteiger partial charge in [0.05, 0.1) is 6.26 Å². The van der Waals surface area contributed by atoms with E-state index in [2.05, 4.69) is 19.6 Å². The van der Waals surface area contributed by atoms with E-state index in [0.717, 1.165) is 5.58 Å². The van der Waals surface area contributed by atoms with E-state index >= 15 is 0 Å². The molecule has 2 rings (SSSR count). The molecule has 1 heteroatoms. The van der Waals surface area contributed by atoms with Crippen LogP contribution in [0, 0.1) is 0 Å². The molecule has 1 nitrogen and oxygen atoms in total. The second-order valence-electron chi connectivity index (χ2n) is 3.21. The minimum atomic E-state index is 0.351. The van der Waals surface area contributed by atoms with Gasteiger partial charge in [0.2, 0.25) is 0 Å². The maximum Gasteiger partial charge on any atom is 0.134 e. The highest BCUT2D eigenvalue weighted by molar-refractivity contribution is 5.81. The van der Waals surface area contributed by atoms with Crippen LogP contribution in [0.3, 0.4) is 0 Å². The Morgan fingerprint density at radius 1 is 1.38 bits per heavy atom. The van der Waals surface area contributed by atoms with Crippen LogP contribution in [0.4, 0.5) is 0 Å². The minimum Gasteiger partial charge on any atom is -0.464 e. The fourth-order valence-corrected chi connectivity index (χ4v) is 1.48. The van der Waals surface area contributed by atoms with Crippen molar-refractivity contribution in [3.8, 4) is 0 Å². The van der Waals surface area contributed by atoms with Crippen LogP contribution in [-0.4, -0.2) is 0 Å². The molecule has 0 saturated heterocycles. The number of furan rings is 1. The third-order valence-electron chi connectivity index (χ3n) is 2.36. The Morgan fingerprint density at radius 2 is 2.15 bits per heavy atom. The molecule has 1 aromatic heterocycles. The summed E-state index contributed by atoms with van der Waals surface area (Å²) in [5.41, 5.74) is 2.16. The molecule has 13 heavy (non-hydrogen) atoms. The molecule has 0 fully saturated rings. The van der Waals surface area contributed by atoms with Crippen LogP contribution >= 0.6 is 0 Å².